The van der Waals surface area contributed by atoms with Gasteiger partial charge in [-0.1, -0.05) is 6.07 Å². The van der Waals surface area contributed by atoms with Gasteiger partial charge in [-0.3, -0.25) is 4.79 Å². The number of hydrogen-bond acceptors (Lipinski definition) is 5. The number of nitrogens with zero attached hydrogens (tertiary/aromatic N) is 1. The Bertz CT molecular complexity index is 1040. The third-order valence-corrected chi connectivity index (χ3v) is 6.23. The lowest BCUT2D eigenvalue weighted by molar-refractivity contribution is -0.131. The van der Waals surface area contributed by atoms with Crippen LogP contribution >= 0.6 is 11.8 Å². The molecule has 0 saturated carbocycles. The van der Waals surface area contributed by atoms with Gasteiger partial charge >= 0.3 is 0 Å². The number of furan rings is 1. The Labute approximate surface area is 174 Å². The van der Waals surface area contributed by atoms with Gasteiger partial charge in [0.2, 0.25) is 5.91 Å². The molecule has 1 aromatic heterocycles. The van der Waals surface area contributed by atoms with Gasteiger partial charge in [-0.25, -0.2) is 0 Å². The summed E-state index contributed by atoms with van der Waals surface area (Å²) in [5.74, 6) is 1.44. The van der Waals surface area contributed by atoms with E-state index in [-0.39, 0.29) is 11.7 Å². The molecule has 1 saturated heterocycles. The number of phenolic OH excluding ortho intramolecular Hbond substituents is 1. The number of thioether (sulfide) groups is 1. The molecule has 1 amide bonds. The van der Waals surface area contributed by atoms with Crippen LogP contribution in [0.1, 0.15) is 24.8 Å². The number of amides is 1. The maximum absolute atomic E-state index is 12.6. The third kappa shape index (κ3) is 3.94. The maximum Gasteiger partial charge on any atom is 0.226 e. The fraction of sp³-hybridized carbons (Fsp3) is 0.348. The number of aromatic hydroxyl groups is 1. The van der Waals surface area contributed by atoms with Crippen LogP contribution in [0.2, 0.25) is 0 Å². The minimum Gasteiger partial charge on any atom is -0.504 e. The van der Waals surface area contributed by atoms with E-state index in [0.29, 0.717) is 12.2 Å². The van der Waals surface area contributed by atoms with Gasteiger partial charge in [0.25, 0.3) is 0 Å². The Morgan fingerprint density at radius 3 is 2.69 bits per heavy atom. The normalized spacial score (nSPS) is 14.3. The average Bonchev–Trinajstić information content (AvgIpc) is 3.12. The summed E-state index contributed by atoms with van der Waals surface area (Å²) in [6, 6.07) is 11.2. The minimum atomic E-state index is 0.0940. The van der Waals surface area contributed by atoms with Crippen LogP contribution in [-0.4, -0.2) is 42.4 Å². The van der Waals surface area contributed by atoms with Gasteiger partial charge in [0.05, 0.1) is 18.4 Å². The first-order valence-corrected chi connectivity index (χ1v) is 11.1. The van der Waals surface area contributed by atoms with Crippen molar-refractivity contribution in [1.29, 1.82) is 0 Å². The summed E-state index contributed by atoms with van der Waals surface area (Å²) in [7, 11) is 1.53. The largest absolute Gasteiger partial charge is 0.504 e. The summed E-state index contributed by atoms with van der Waals surface area (Å²) in [6.45, 7) is 1.74. The Morgan fingerprint density at radius 1 is 1.17 bits per heavy atom. The summed E-state index contributed by atoms with van der Waals surface area (Å²) in [5.41, 5.74) is 2.62. The number of benzene rings is 2. The van der Waals surface area contributed by atoms with Crippen LogP contribution in [0.15, 0.2) is 45.7 Å². The molecule has 29 heavy (non-hydrogen) atoms. The number of rotatable bonds is 5. The zero-order valence-corrected chi connectivity index (χ0v) is 17.6. The van der Waals surface area contributed by atoms with Gasteiger partial charge in [-0.2, -0.15) is 0 Å². The smallest absolute Gasteiger partial charge is 0.226 e. The molecule has 1 fully saturated rings. The molecule has 2 heterocycles. The van der Waals surface area contributed by atoms with Gasteiger partial charge in [0.1, 0.15) is 11.3 Å². The van der Waals surface area contributed by atoms with Crippen molar-refractivity contribution in [3.8, 4) is 22.8 Å². The number of piperidine rings is 1. The van der Waals surface area contributed by atoms with E-state index in [1.54, 1.807) is 23.9 Å². The molecule has 3 aromatic rings. The van der Waals surface area contributed by atoms with E-state index in [1.807, 2.05) is 29.4 Å². The summed E-state index contributed by atoms with van der Waals surface area (Å²) < 4.78 is 11.4. The molecule has 0 spiro atoms. The van der Waals surface area contributed by atoms with Crippen molar-refractivity contribution in [3.05, 3.63) is 42.0 Å². The number of carbonyl (C=O) groups is 1. The highest BCUT2D eigenvalue weighted by Gasteiger charge is 2.20. The lowest BCUT2D eigenvalue weighted by atomic mass is 10.1. The van der Waals surface area contributed by atoms with E-state index in [0.717, 1.165) is 58.7 Å². The predicted molar refractivity (Wildman–Crippen MR) is 116 cm³/mol. The van der Waals surface area contributed by atoms with E-state index in [1.165, 1.54) is 13.5 Å². The number of ether oxygens (including phenoxy) is 1. The molecule has 0 bridgehead atoms. The zero-order chi connectivity index (χ0) is 20.4. The Morgan fingerprint density at radius 2 is 1.97 bits per heavy atom. The standard InChI is InChI=1S/C23H25NO4S/c1-27-20-14-16(7-8-18(20)25)22-23(29-2)17-12-15(6-9-19(17)28-22)13-21(26)24-10-4-3-5-11-24/h6-9,12,14,25H,3-5,10-11,13H2,1-2H3. The van der Waals surface area contributed by atoms with Crippen molar-refractivity contribution in [3.63, 3.8) is 0 Å². The molecule has 0 radical (unpaired) electrons. The number of hydrogen-bond donors (Lipinski definition) is 1. The fourth-order valence-electron chi connectivity index (χ4n) is 3.87. The van der Waals surface area contributed by atoms with Crippen molar-refractivity contribution in [2.75, 3.05) is 26.5 Å². The quantitative estimate of drug-likeness (QED) is 0.593. The van der Waals surface area contributed by atoms with Gasteiger partial charge in [0, 0.05) is 24.0 Å². The van der Waals surface area contributed by atoms with Gasteiger partial charge < -0.3 is 19.2 Å². The summed E-state index contributed by atoms with van der Waals surface area (Å²) in [6.07, 6.45) is 5.84. The molecule has 1 aliphatic rings. The Kier molecular flexibility index (Phi) is 5.72. The molecular weight excluding hydrogens is 386 g/mol. The molecule has 2 aromatic carbocycles. The second-order valence-electron chi connectivity index (χ2n) is 7.30. The zero-order valence-electron chi connectivity index (χ0n) is 16.7. The summed E-state index contributed by atoms with van der Waals surface area (Å²) in [5, 5.41) is 10.9. The van der Waals surface area contributed by atoms with Crippen molar-refractivity contribution in [2.24, 2.45) is 0 Å². The molecule has 4 rings (SSSR count). The van der Waals surface area contributed by atoms with Gasteiger partial charge in [-0.05, 0) is 61.4 Å². The number of phenols is 1. The van der Waals surface area contributed by atoms with E-state index in [4.69, 9.17) is 9.15 Å². The second-order valence-corrected chi connectivity index (χ2v) is 8.12. The van der Waals surface area contributed by atoms with Gasteiger partial charge in [-0.15, -0.1) is 11.8 Å². The van der Waals surface area contributed by atoms with E-state index in [2.05, 4.69) is 6.07 Å². The highest BCUT2D eigenvalue weighted by Crippen LogP contribution is 2.42. The number of carbonyl (C=O) groups excluding carboxylic acids is 1. The predicted octanol–water partition coefficient (Wildman–Crippen LogP) is 5.09. The highest BCUT2D eigenvalue weighted by molar-refractivity contribution is 7.99. The van der Waals surface area contributed by atoms with E-state index >= 15 is 0 Å². The summed E-state index contributed by atoms with van der Waals surface area (Å²) in [4.78, 5) is 15.6. The molecule has 6 heteroatoms. The van der Waals surface area contributed by atoms with E-state index in [9.17, 15) is 9.90 Å². The number of methoxy groups -OCH3 is 1. The number of fused-ring (bicyclic) bond motifs is 1. The summed E-state index contributed by atoms with van der Waals surface area (Å²) >= 11 is 1.61. The number of likely N-dealkylation sites (tertiary alicyclic amines) is 1. The fourth-order valence-corrected chi connectivity index (χ4v) is 4.60. The van der Waals surface area contributed by atoms with Crippen LogP contribution in [0.5, 0.6) is 11.5 Å². The molecule has 152 valence electrons. The Hall–Kier alpha value is -2.60. The van der Waals surface area contributed by atoms with Crippen LogP contribution in [0, 0.1) is 0 Å². The first-order chi connectivity index (χ1) is 14.1. The lowest BCUT2D eigenvalue weighted by Crippen LogP contribution is -2.36. The molecule has 0 unspecified atom stereocenters. The molecule has 0 atom stereocenters. The first kappa shape index (κ1) is 19.7. The van der Waals surface area contributed by atoms with Crippen LogP contribution in [0.4, 0.5) is 0 Å². The lowest BCUT2D eigenvalue weighted by Gasteiger charge is -2.26. The molecule has 1 aliphatic heterocycles. The van der Waals surface area contributed by atoms with Crippen molar-refractivity contribution in [1.82, 2.24) is 4.90 Å². The monoisotopic (exact) mass is 411 g/mol. The SMILES string of the molecule is COc1cc(-c2oc3ccc(CC(=O)N4CCCCC4)cc3c2SC)ccc1O. The average molecular weight is 412 g/mol. The third-order valence-electron chi connectivity index (χ3n) is 5.42. The van der Waals surface area contributed by atoms with Crippen LogP contribution in [0.25, 0.3) is 22.3 Å². The topological polar surface area (TPSA) is 62.9 Å². The van der Waals surface area contributed by atoms with Gasteiger partial charge in [0.15, 0.2) is 11.5 Å². The maximum atomic E-state index is 12.6. The van der Waals surface area contributed by atoms with Crippen molar-refractivity contribution < 1.29 is 19.1 Å². The van der Waals surface area contributed by atoms with E-state index < -0.39 is 0 Å². The molecular formula is C23H25NO4S. The van der Waals surface area contributed by atoms with Crippen molar-refractivity contribution >= 4 is 28.6 Å². The highest BCUT2D eigenvalue weighted by atomic mass is 32.2. The van der Waals surface area contributed by atoms with Crippen LogP contribution in [-0.2, 0) is 11.2 Å². The van der Waals surface area contributed by atoms with Crippen LogP contribution < -0.4 is 4.74 Å². The van der Waals surface area contributed by atoms with Crippen LogP contribution in [0.3, 0.4) is 0 Å². The minimum absolute atomic E-state index is 0.0940. The first-order valence-electron chi connectivity index (χ1n) is 9.85. The van der Waals surface area contributed by atoms with Crippen molar-refractivity contribution in [2.45, 2.75) is 30.6 Å². The molecule has 1 N–H and O–H groups in total. The Balaban J connectivity index is 1.67. The second kappa shape index (κ2) is 8.41. The molecule has 5 nitrogen and oxygen atoms in total. The molecule has 0 aliphatic carbocycles.